The van der Waals surface area contributed by atoms with E-state index in [1.807, 2.05) is 103 Å². The Kier molecular flexibility index (Phi) is 13.4. The van der Waals surface area contributed by atoms with E-state index in [9.17, 15) is 0 Å². The van der Waals surface area contributed by atoms with E-state index in [0.29, 0.717) is 34.9 Å². The third kappa shape index (κ3) is 9.94. The summed E-state index contributed by atoms with van der Waals surface area (Å²) < 4.78 is 13.4. The van der Waals surface area contributed by atoms with E-state index in [4.69, 9.17) is 38.7 Å². The highest BCUT2D eigenvalue weighted by molar-refractivity contribution is 6.26. The van der Waals surface area contributed by atoms with Gasteiger partial charge in [0.1, 0.15) is 22.3 Å². The van der Waals surface area contributed by atoms with Crippen molar-refractivity contribution < 1.29 is 8.83 Å². The minimum atomic E-state index is 0.561. The lowest BCUT2D eigenvalue weighted by Crippen LogP contribution is -2.00. The van der Waals surface area contributed by atoms with Crippen LogP contribution >= 0.6 is 0 Å². The van der Waals surface area contributed by atoms with Crippen molar-refractivity contribution >= 4 is 76.2 Å². The van der Waals surface area contributed by atoms with Gasteiger partial charge in [-0.25, -0.2) is 29.9 Å². The molecule has 15 aromatic carbocycles. The molecule has 0 radical (unpaired) electrons. The molecule has 19 aromatic rings. The molecule has 8 nitrogen and oxygen atoms in total. The van der Waals surface area contributed by atoms with Gasteiger partial charge in [-0.15, -0.1) is 0 Å². The van der Waals surface area contributed by atoms with Crippen LogP contribution < -0.4 is 0 Å². The van der Waals surface area contributed by atoms with Crippen LogP contribution in [0.3, 0.4) is 0 Å². The standard InChI is InChI=1S/C90H54N6O2/c1-4-18-58(19-5-1)85-91-86(59-20-6-2-7-21-59)94-89(93-85)67-45-48-76-81(53-67)97-79-34-16-32-69(83(76)79)65-27-15-26-64(51-65)56-38-36-55(37-39-56)62-24-14-25-63(50-62)57-40-42-61(43-41-57)88-92-87(60-22-8-3-9-23-60)95-90(96-88)68-46-49-77-82(54-68)98-80-35-17-33-70(84(77)80)66-44-47-75-73-30-11-10-28-71(73)72-29-12-13-31-74(72)78(75)52-66/h1-54H. The van der Waals surface area contributed by atoms with Crippen LogP contribution in [0.15, 0.2) is 336 Å². The first-order valence-electron chi connectivity index (χ1n) is 32.9. The summed E-state index contributed by atoms with van der Waals surface area (Å²) in [4.78, 5) is 30.3. The van der Waals surface area contributed by atoms with Crippen LogP contribution in [0.1, 0.15) is 0 Å². The fraction of sp³-hybridized carbons (Fsp3) is 0. The Balaban J connectivity index is 0.595. The molecule has 4 aromatic heterocycles. The third-order valence-corrected chi connectivity index (χ3v) is 19.0. The van der Waals surface area contributed by atoms with Gasteiger partial charge in [0, 0.05) is 54.9 Å². The number of furan rings is 2. The Morgan fingerprint density at radius 3 is 0.847 bits per heavy atom. The van der Waals surface area contributed by atoms with Gasteiger partial charge in [-0.05, 0) is 143 Å². The van der Waals surface area contributed by atoms with Gasteiger partial charge in [0.05, 0.1) is 0 Å². The monoisotopic (exact) mass is 1250 g/mol. The number of benzene rings is 15. The fourth-order valence-corrected chi connectivity index (χ4v) is 14.2. The molecule has 0 N–H and O–H groups in total. The molecule has 0 unspecified atom stereocenters. The Bertz CT molecular complexity index is 6250. The van der Waals surface area contributed by atoms with Gasteiger partial charge in [-0.1, -0.05) is 273 Å². The van der Waals surface area contributed by atoms with Crippen LogP contribution in [0, 0.1) is 0 Å². The second kappa shape index (κ2) is 23.3. The Hall–Kier alpha value is -13.3. The van der Waals surface area contributed by atoms with E-state index in [-0.39, 0.29) is 0 Å². The fourth-order valence-electron chi connectivity index (χ4n) is 14.2. The molecule has 0 spiro atoms. The Morgan fingerprint density at radius 1 is 0.153 bits per heavy atom. The molecule has 8 heteroatoms. The largest absolute Gasteiger partial charge is 0.456 e. The van der Waals surface area contributed by atoms with Crippen molar-refractivity contribution in [3.05, 3.63) is 328 Å². The Labute approximate surface area is 563 Å². The summed E-state index contributed by atoms with van der Waals surface area (Å²) in [5.41, 5.74) is 19.6. The molecule has 0 atom stereocenters. The molecular formula is C90H54N6O2. The average molecular weight is 1250 g/mol. The van der Waals surface area contributed by atoms with Crippen molar-refractivity contribution in [1.82, 2.24) is 29.9 Å². The van der Waals surface area contributed by atoms with Crippen molar-refractivity contribution in [2.45, 2.75) is 0 Å². The first kappa shape index (κ1) is 56.3. The van der Waals surface area contributed by atoms with Gasteiger partial charge in [-0.2, -0.15) is 0 Å². The van der Waals surface area contributed by atoms with Crippen LogP contribution in [-0.4, -0.2) is 29.9 Å². The maximum atomic E-state index is 6.73. The van der Waals surface area contributed by atoms with E-state index in [2.05, 4.69) is 224 Å². The van der Waals surface area contributed by atoms with E-state index >= 15 is 0 Å². The molecule has 0 aliphatic carbocycles. The molecule has 4 heterocycles. The molecule has 98 heavy (non-hydrogen) atoms. The summed E-state index contributed by atoms with van der Waals surface area (Å²) in [5, 5.41) is 11.7. The summed E-state index contributed by atoms with van der Waals surface area (Å²) in [5.74, 6) is 3.54. The zero-order valence-electron chi connectivity index (χ0n) is 52.7. The molecule has 0 fully saturated rings. The normalized spacial score (nSPS) is 11.7. The molecular weight excluding hydrogens is 1200 g/mol. The van der Waals surface area contributed by atoms with Crippen LogP contribution in [0.5, 0.6) is 0 Å². The second-order valence-electron chi connectivity index (χ2n) is 24.9. The first-order valence-corrected chi connectivity index (χ1v) is 32.9. The minimum absolute atomic E-state index is 0.561. The molecule has 0 saturated heterocycles. The predicted octanol–water partition coefficient (Wildman–Crippen LogP) is 23.7. The molecule has 0 aliphatic rings. The van der Waals surface area contributed by atoms with Gasteiger partial charge in [0.15, 0.2) is 34.9 Å². The van der Waals surface area contributed by atoms with E-state index in [1.165, 1.54) is 32.3 Å². The van der Waals surface area contributed by atoms with Gasteiger partial charge >= 0.3 is 0 Å². The molecule has 0 saturated carbocycles. The number of aromatic nitrogens is 6. The highest BCUT2D eigenvalue weighted by Gasteiger charge is 2.21. The van der Waals surface area contributed by atoms with Crippen molar-refractivity contribution in [2.24, 2.45) is 0 Å². The van der Waals surface area contributed by atoms with Crippen LogP contribution in [0.4, 0.5) is 0 Å². The maximum absolute atomic E-state index is 6.73. The van der Waals surface area contributed by atoms with Gasteiger partial charge in [0.2, 0.25) is 0 Å². The SMILES string of the molecule is c1ccc(-c2nc(-c3ccccc3)nc(-c3ccc4c(c3)oc3cccc(-c5cccc(-c6ccc(-c7cccc(-c8ccc(-c9nc(-c%10ccccc%10)nc(-c%10ccc%11c(c%10)oc%10cccc(-c%12ccc%13c%14ccccc%14c%14ccccc%14c%13c%12)c%10%11)n9)cc8)c7)cc6)c5)c34)n2)cc1. The number of rotatable bonds is 11. The molecule has 19 rings (SSSR count). The van der Waals surface area contributed by atoms with Crippen LogP contribution in [0.2, 0.25) is 0 Å². The number of nitrogens with zero attached hydrogens (tertiary/aromatic N) is 6. The number of hydrogen-bond donors (Lipinski definition) is 0. The van der Waals surface area contributed by atoms with E-state index in [1.54, 1.807) is 0 Å². The summed E-state index contributed by atoms with van der Waals surface area (Å²) in [6.45, 7) is 0. The highest BCUT2D eigenvalue weighted by Crippen LogP contribution is 2.44. The van der Waals surface area contributed by atoms with Crippen LogP contribution in [-0.2, 0) is 0 Å². The molecule has 456 valence electrons. The predicted molar refractivity (Wildman–Crippen MR) is 400 cm³/mol. The smallest absolute Gasteiger partial charge is 0.164 e. The summed E-state index contributed by atoms with van der Waals surface area (Å²) in [7, 11) is 0. The minimum Gasteiger partial charge on any atom is -0.456 e. The van der Waals surface area contributed by atoms with Crippen molar-refractivity contribution in [1.29, 1.82) is 0 Å². The van der Waals surface area contributed by atoms with Crippen LogP contribution in [0.25, 0.3) is 200 Å². The third-order valence-electron chi connectivity index (χ3n) is 19.0. The van der Waals surface area contributed by atoms with Gasteiger partial charge < -0.3 is 8.83 Å². The summed E-state index contributed by atoms with van der Waals surface area (Å²) in [6.07, 6.45) is 0. The molecule has 0 aliphatic heterocycles. The van der Waals surface area contributed by atoms with Gasteiger partial charge in [-0.3, -0.25) is 0 Å². The highest BCUT2D eigenvalue weighted by atomic mass is 16.3. The summed E-state index contributed by atoms with van der Waals surface area (Å²) in [6, 6.07) is 115. The van der Waals surface area contributed by atoms with Crippen molar-refractivity contribution in [3.8, 4) is 124 Å². The zero-order chi connectivity index (χ0) is 64.6. The average Bonchev–Trinajstić information content (AvgIpc) is 1.21. The van der Waals surface area contributed by atoms with Gasteiger partial charge in [0.25, 0.3) is 0 Å². The lowest BCUT2D eigenvalue weighted by atomic mass is 9.91. The van der Waals surface area contributed by atoms with Crippen molar-refractivity contribution in [2.75, 3.05) is 0 Å². The van der Waals surface area contributed by atoms with E-state index < -0.39 is 0 Å². The Morgan fingerprint density at radius 2 is 0.429 bits per heavy atom. The lowest BCUT2D eigenvalue weighted by molar-refractivity contribution is 0.668. The van der Waals surface area contributed by atoms with Crippen molar-refractivity contribution in [3.63, 3.8) is 0 Å². The maximum Gasteiger partial charge on any atom is 0.164 e. The molecule has 0 bridgehead atoms. The topological polar surface area (TPSA) is 104 Å². The number of fused-ring (bicyclic) bond motifs is 12. The second-order valence-corrected chi connectivity index (χ2v) is 24.9. The zero-order valence-corrected chi connectivity index (χ0v) is 52.7. The first-order chi connectivity index (χ1) is 48.5. The lowest BCUT2D eigenvalue weighted by Gasteiger charge is -2.12. The van der Waals surface area contributed by atoms with E-state index in [0.717, 1.165) is 133 Å². The summed E-state index contributed by atoms with van der Waals surface area (Å²) >= 11 is 0. The number of hydrogen-bond acceptors (Lipinski definition) is 8. The quantitative estimate of drug-likeness (QED) is 0.118. The molecule has 0 amide bonds.